The molecule has 0 aliphatic heterocycles. The molecule has 0 bridgehead atoms. The van der Waals surface area contributed by atoms with Crippen molar-refractivity contribution in [3.05, 3.63) is 12.7 Å². The van der Waals surface area contributed by atoms with E-state index in [0.717, 1.165) is 25.8 Å². The van der Waals surface area contributed by atoms with Crippen LogP contribution in [-0.2, 0) is 4.79 Å². The molecule has 0 heterocycles. The third kappa shape index (κ3) is 7.18. The number of carbonyl (C=O) groups excluding carboxylic acids is 1. The summed E-state index contributed by atoms with van der Waals surface area (Å²) in [6.45, 7) is 8.76. The van der Waals surface area contributed by atoms with E-state index in [9.17, 15) is 4.79 Å². The predicted octanol–water partition coefficient (Wildman–Crippen LogP) is 3.29. The highest BCUT2D eigenvalue weighted by molar-refractivity contribution is 5.80. The first-order valence-corrected chi connectivity index (χ1v) is 6.16. The number of unbranched alkanes of at least 4 members (excludes halogenated alkanes) is 3. The Morgan fingerprint density at radius 3 is 2.53 bits per heavy atom. The smallest absolute Gasteiger partial charge is 0.226 e. The van der Waals surface area contributed by atoms with Crippen molar-refractivity contribution in [2.24, 2.45) is 5.92 Å². The van der Waals surface area contributed by atoms with Gasteiger partial charge in [0.1, 0.15) is 0 Å². The van der Waals surface area contributed by atoms with Gasteiger partial charge in [-0.3, -0.25) is 4.79 Å². The molecule has 1 amide bonds. The van der Waals surface area contributed by atoms with Gasteiger partial charge in [0.2, 0.25) is 5.91 Å². The van der Waals surface area contributed by atoms with E-state index < -0.39 is 0 Å². The van der Waals surface area contributed by atoms with Gasteiger partial charge in [-0.25, -0.2) is 0 Å². The molecule has 0 radical (unpaired) electrons. The summed E-state index contributed by atoms with van der Waals surface area (Å²) in [6, 6.07) is 0. The minimum Gasteiger partial charge on any atom is -0.356 e. The van der Waals surface area contributed by atoms with Gasteiger partial charge in [0.25, 0.3) is 0 Å². The van der Waals surface area contributed by atoms with Crippen molar-refractivity contribution in [3.63, 3.8) is 0 Å². The molecule has 1 atom stereocenters. The van der Waals surface area contributed by atoms with Gasteiger partial charge >= 0.3 is 0 Å². The molecule has 0 rings (SSSR count). The Balaban J connectivity index is 3.70. The van der Waals surface area contributed by atoms with Crippen LogP contribution in [0.4, 0.5) is 0 Å². The normalized spacial score (nSPS) is 12.1. The Morgan fingerprint density at radius 1 is 1.27 bits per heavy atom. The summed E-state index contributed by atoms with van der Waals surface area (Å²) in [7, 11) is 0. The van der Waals surface area contributed by atoms with Crippen LogP contribution < -0.4 is 5.32 Å². The average Bonchev–Trinajstić information content (AvgIpc) is 2.26. The monoisotopic (exact) mass is 211 g/mol. The molecular weight excluding hydrogens is 186 g/mol. The molecule has 88 valence electrons. The highest BCUT2D eigenvalue weighted by Crippen LogP contribution is 2.12. The van der Waals surface area contributed by atoms with Gasteiger partial charge < -0.3 is 5.32 Å². The van der Waals surface area contributed by atoms with Crippen molar-refractivity contribution in [2.75, 3.05) is 6.54 Å². The first kappa shape index (κ1) is 14.2. The minimum atomic E-state index is 0.00778. The van der Waals surface area contributed by atoms with Crippen molar-refractivity contribution >= 4 is 5.91 Å². The minimum absolute atomic E-state index is 0.00778. The standard InChI is InChI=1S/C13H25NO/c1-4-7-8-9-10-12(6-3)13(15)14-11-5-2/h6,12H,3-5,7-11H2,1-2H3,(H,14,15). The maximum Gasteiger partial charge on any atom is 0.226 e. The molecule has 0 aromatic heterocycles. The van der Waals surface area contributed by atoms with E-state index in [1.165, 1.54) is 19.3 Å². The lowest BCUT2D eigenvalue weighted by molar-refractivity contribution is -0.123. The van der Waals surface area contributed by atoms with Crippen LogP contribution in [0.15, 0.2) is 12.7 Å². The van der Waals surface area contributed by atoms with Gasteiger partial charge in [-0.15, -0.1) is 6.58 Å². The summed E-state index contributed by atoms with van der Waals surface area (Å²) in [5.74, 6) is 0.150. The van der Waals surface area contributed by atoms with Gasteiger partial charge in [-0.05, 0) is 12.8 Å². The van der Waals surface area contributed by atoms with Crippen molar-refractivity contribution in [1.82, 2.24) is 5.32 Å². The highest BCUT2D eigenvalue weighted by Gasteiger charge is 2.12. The fourth-order valence-electron chi connectivity index (χ4n) is 1.53. The SMILES string of the molecule is C=CC(CCCCCC)C(=O)NCCC. The Morgan fingerprint density at radius 2 is 2.00 bits per heavy atom. The molecule has 1 unspecified atom stereocenters. The zero-order valence-electron chi connectivity index (χ0n) is 10.2. The van der Waals surface area contributed by atoms with Crippen LogP contribution in [-0.4, -0.2) is 12.5 Å². The molecule has 2 heteroatoms. The van der Waals surface area contributed by atoms with E-state index in [2.05, 4.69) is 25.7 Å². The molecule has 0 aliphatic rings. The maximum atomic E-state index is 11.6. The quantitative estimate of drug-likeness (QED) is 0.460. The molecule has 0 saturated carbocycles. The van der Waals surface area contributed by atoms with Gasteiger partial charge in [0, 0.05) is 6.54 Å². The highest BCUT2D eigenvalue weighted by atomic mass is 16.1. The van der Waals surface area contributed by atoms with Crippen LogP contribution in [0.5, 0.6) is 0 Å². The van der Waals surface area contributed by atoms with E-state index >= 15 is 0 Å². The van der Waals surface area contributed by atoms with Crippen LogP contribution >= 0.6 is 0 Å². The van der Waals surface area contributed by atoms with E-state index in [1.54, 1.807) is 6.08 Å². The lowest BCUT2D eigenvalue weighted by Crippen LogP contribution is -2.30. The Hall–Kier alpha value is -0.790. The van der Waals surface area contributed by atoms with Crippen molar-refractivity contribution in [1.29, 1.82) is 0 Å². The zero-order valence-corrected chi connectivity index (χ0v) is 10.2. The second kappa shape index (κ2) is 9.75. The molecule has 0 aromatic rings. The van der Waals surface area contributed by atoms with Crippen molar-refractivity contribution in [2.45, 2.75) is 52.4 Å². The third-order valence-electron chi connectivity index (χ3n) is 2.54. The average molecular weight is 211 g/mol. The van der Waals surface area contributed by atoms with Gasteiger partial charge in [-0.2, -0.15) is 0 Å². The molecule has 0 aromatic carbocycles. The first-order valence-electron chi connectivity index (χ1n) is 6.16. The predicted molar refractivity (Wildman–Crippen MR) is 65.7 cm³/mol. The van der Waals surface area contributed by atoms with E-state index in [-0.39, 0.29) is 11.8 Å². The van der Waals surface area contributed by atoms with E-state index in [0.29, 0.717) is 0 Å². The number of rotatable bonds is 9. The molecule has 2 nitrogen and oxygen atoms in total. The number of hydrogen-bond donors (Lipinski definition) is 1. The summed E-state index contributed by atoms with van der Waals surface area (Å²) in [6.07, 6.45) is 8.56. The third-order valence-corrected chi connectivity index (χ3v) is 2.54. The Labute approximate surface area is 94.1 Å². The molecule has 0 spiro atoms. The number of carbonyl (C=O) groups is 1. The summed E-state index contributed by atoms with van der Waals surface area (Å²) >= 11 is 0. The second-order valence-corrected chi connectivity index (χ2v) is 3.98. The van der Waals surface area contributed by atoms with Crippen LogP contribution in [0.2, 0.25) is 0 Å². The molecule has 0 saturated heterocycles. The maximum absolute atomic E-state index is 11.6. The van der Waals surface area contributed by atoms with Gasteiger partial charge in [0.15, 0.2) is 0 Å². The fraction of sp³-hybridized carbons (Fsp3) is 0.769. The number of amides is 1. The molecular formula is C13H25NO. The lowest BCUT2D eigenvalue weighted by Gasteiger charge is -2.12. The second-order valence-electron chi connectivity index (χ2n) is 3.98. The lowest BCUT2D eigenvalue weighted by atomic mass is 10.00. The van der Waals surface area contributed by atoms with Crippen molar-refractivity contribution in [3.8, 4) is 0 Å². The fourth-order valence-corrected chi connectivity index (χ4v) is 1.53. The van der Waals surface area contributed by atoms with Crippen LogP contribution in [0.3, 0.4) is 0 Å². The molecule has 1 N–H and O–H groups in total. The van der Waals surface area contributed by atoms with Crippen LogP contribution in [0.1, 0.15) is 52.4 Å². The van der Waals surface area contributed by atoms with Crippen LogP contribution in [0, 0.1) is 5.92 Å². The van der Waals surface area contributed by atoms with Crippen molar-refractivity contribution < 1.29 is 4.79 Å². The first-order chi connectivity index (χ1) is 7.26. The Kier molecular flexibility index (Phi) is 9.24. The summed E-state index contributed by atoms with van der Waals surface area (Å²) < 4.78 is 0. The summed E-state index contributed by atoms with van der Waals surface area (Å²) in [5, 5.41) is 2.91. The largest absolute Gasteiger partial charge is 0.356 e. The molecule has 0 aliphatic carbocycles. The number of hydrogen-bond acceptors (Lipinski definition) is 1. The topological polar surface area (TPSA) is 29.1 Å². The van der Waals surface area contributed by atoms with E-state index in [4.69, 9.17) is 0 Å². The molecule has 0 fully saturated rings. The zero-order chi connectivity index (χ0) is 11.5. The van der Waals surface area contributed by atoms with Gasteiger partial charge in [0.05, 0.1) is 5.92 Å². The molecule has 15 heavy (non-hydrogen) atoms. The summed E-state index contributed by atoms with van der Waals surface area (Å²) in [5.41, 5.74) is 0. The Bertz CT molecular complexity index is 177. The van der Waals surface area contributed by atoms with E-state index in [1.807, 2.05) is 0 Å². The van der Waals surface area contributed by atoms with Crippen LogP contribution in [0.25, 0.3) is 0 Å². The number of nitrogens with one attached hydrogen (secondary N) is 1. The summed E-state index contributed by atoms with van der Waals surface area (Å²) in [4.78, 5) is 11.6. The van der Waals surface area contributed by atoms with Gasteiger partial charge in [-0.1, -0.05) is 45.6 Å².